The van der Waals surface area contributed by atoms with Crippen LogP contribution >= 0.6 is 11.6 Å². The van der Waals surface area contributed by atoms with E-state index in [4.69, 9.17) is 21.4 Å². The van der Waals surface area contributed by atoms with Crippen molar-refractivity contribution in [2.24, 2.45) is 0 Å². The molecule has 7 heteroatoms. The largest absolute Gasteiger partial charge is 0.487 e. The molecule has 0 aliphatic rings. The van der Waals surface area contributed by atoms with Crippen LogP contribution in [0.3, 0.4) is 0 Å². The number of unbranched alkanes of at least 4 members (excludes halogenated alkanes) is 1. The van der Waals surface area contributed by atoms with E-state index in [-0.39, 0.29) is 29.5 Å². The van der Waals surface area contributed by atoms with Crippen LogP contribution in [-0.4, -0.2) is 22.6 Å². The lowest BCUT2D eigenvalue weighted by atomic mass is 10.2. The topological polar surface area (TPSA) is 89.7 Å². The minimum Gasteiger partial charge on any atom is -0.487 e. The summed E-state index contributed by atoms with van der Waals surface area (Å²) < 4.78 is 5.24. The summed E-state index contributed by atoms with van der Waals surface area (Å²) in [6.45, 7) is 0.232. The van der Waals surface area contributed by atoms with Crippen molar-refractivity contribution >= 4 is 23.3 Å². The van der Waals surface area contributed by atoms with Crippen molar-refractivity contribution in [1.82, 2.24) is 0 Å². The highest BCUT2D eigenvalue weighted by molar-refractivity contribution is 6.30. The summed E-state index contributed by atoms with van der Waals surface area (Å²) in [6, 6.07) is 4.15. The Morgan fingerprint density at radius 2 is 2.17 bits per heavy atom. The van der Waals surface area contributed by atoms with Gasteiger partial charge in [0.15, 0.2) is 5.75 Å². The van der Waals surface area contributed by atoms with E-state index in [2.05, 4.69) is 0 Å². The van der Waals surface area contributed by atoms with Gasteiger partial charge in [0.05, 0.1) is 11.5 Å². The third kappa shape index (κ3) is 4.58. The van der Waals surface area contributed by atoms with Crippen LogP contribution in [0, 0.1) is 10.1 Å². The zero-order valence-corrected chi connectivity index (χ0v) is 10.2. The molecule has 0 spiro atoms. The zero-order chi connectivity index (χ0) is 13.5. The minimum absolute atomic E-state index is 0.0616. The number of carbonyl (C=O) groups is 1. The predicted octanol–water partition coefficient (Wildman–Crippen LogP) is 2.88. The average Bonchev–Trinajstić information content (AvgIpc) is 2.29. The number of nitro groups is 1. The molecule has 1 rings (SSSR count). The number of ether oxygens (including phenoxy) is 1. The zero-order valence-electron chi connectivity index (χ0n) is 9.47. The average molecular weight is 274 g/mol. The molecule has 1 aromatic rings. The first-order chi connectivity index (χ1) is 8.50. The van der Waals surface area contributed by atoms with Gasteiger partial charge in [-0.1, -0.05) is 11.6 Å². The second-order valence-corrected chi connectivity index (χ2v) is 4.00. The molecule has 0 radical (unpaired) electrons. The molecule has 1 N–H and O–H groups in total. The Morgan fingerprint density at radius 3 is 2.78 bits per heavy atom. The number of rotatable bonds is 7. The molecule has 0 amide bonds. The van der Waals surface area contributed by atoms with Crippen LogP contribution in [0.1, 0.15) is 19.3 Å². The van der Waals surface area contributed by atoms with E-state index in [1.165, 1.54) is 18.2 Å². The normalized spacial score (nSPS) is 10.1. The quantitative estimate of drug-likeness (QED) is 0.469. The Balaban J connectivity index is 2.51. The fourth-order valence-corrected chi connectivity index (χ4v) is 1.48. The lowest BCUT2D eigenvalue weighted by Gasteiger charge is -2.06. The molecule has 0 saturated heterocycles. The lowest BCUT2D eigenvalue weighted by Crippen LogP contribution is -2.02. The van der Waals surface area contributed by atoms with Gasteiger partial charge in [0, 0.05) is 17.5 Å². The second-order valence-electron chi connectivity index (χ2n) is 3.57. The molecular formula is C11H12ClNO5. The molecule has 0 aliphatic heterocycles. The summed E-state index contributed by atoms with van der Waals surface area (Å²) >= 11 is 5.65. The first-order valence-electron chi connectivity index (χ1n) is 5.29. The summed E-state index contributed by atoms with van der Waals surface area (Å²) in [5, 5.41) is 19.4. The standard InChI is InChI=1S/C11H12ClNO5/c12-8-4-5-10(9(7-8)13(16)17)18-6-2-1-3-11(14)15/h4-5,7H,1-3,6H2,(H,14,15). The highest BCUT2D eigenvalue weighted by Gasteiger charge is 2.15. The van der Waals surface area contributed by atoms with Gasteiger partial charge in [0.1, 0.15) is 0 Å². The Kier molecular flexibility index (Phi) is 5.38. The number of carboxylic acids is 1. The molecule has 0 unspecified atom stereocenters. The molecule has 0 atom stereocenters. The van der Waals surface area contributed by atoms with Crippen LogP contribution in [-0.2, 0) is 4.79 Å². The van der Waals surface area contributed by atoms with Gasteiger partial charge in [-0.05, 0) is 25.0 Å². The molecule has 0 fully saturated rings. The van der Waals surface area contributed by atoms with E-state index >= 15 is 0 Å². The van der Waals surface area contributed by atoms with Crippen molar-refractivity contribution in [3.05, 3.63) is 33.3 Å². The van der Waals surface area contributed by atoms with Gasteiger partial charge in [-0.15, -0.1) is 0 Å². The first-order valence-corrected chi connectivity index (χ1v) is 5.67. The van der Waals surface area contributed by atoms with E-state index in [0.717, 1.165) is 0 Å². The van der Waals surface area contributed by atoms with E-state index in [9.17, 15) is 14.9 Å². The summed E-state index contributed by atoms with van der Waals surface area (Å²) in [7, 11) is 0. The van der Waals surface area contributed by atoms with E-state index in [1.807, 2.05) is 0 Å². The van der Waals surface area contributed by atoms with Crippen LogP contribution in [0.2, 0.25) is 5.02 Å². The molecule has 6 nitrogen and oxygen atoms in total. The molecule has 98 valence electrons. The fraction of sp³-hybridized carbons (Fsp3) is 0.364. The maximum absolute atomic E-state index is 10.7. The number of hydrogen-bond acceptors (Lipinski definition) is 4. The summed E-state index contributed by atoms with van der Waals surface area (Å²) in [5.41, 5.74) is -0.194. The lowest BCUT2D eigenvalue weighted by molar-refractivity contribution is -0.385. The number of hydrogen-bond donors (Lipinski definition) is 1. The number of carboxylic acid groups (broad SMARTS) is 1. The van der Waals surface area contributed by atoms with Crippen LogP contribution in [0.5, 0.6) is 5.75 Å². The number of benzene rings is 1. The second kappa shape index (κ2) is 6.80. The number of halogens is 1. The number of nitro benzene ring substituents is 1. The van der Waals surface area contributed by atoms with Gasteiger partial charge in [-0.3, -0.25) is 14.9 Å². The monoisotopic (exact) mass is 273 g/mol. The van der Waals surface area contributed by atoms with Crippen LogP contribution in [0.15, 0.2) is 18.2 Å². The van der Waals surface area contributed by atoms with Gasteiger partial charge in [0.2, 0.25) is 0 Å². The minimum atomic E-state index is -0.868. The van der Waals surface area contributed by atoms with Crippen molar-refractivity contribution < 1.29 is 19.6 Å². The Bertz CT molecular complexity index is 449. The molecule has 0 aliphatic carbocycles. The Morgan fingerprint density at radius 1 is 1.44 bits per heavy atom. The molecule has 1 aromatic carbocycles. The van der Waals surface area contributed by atoms with Gasteiger partial charge < -0.3 is 9.84 Å². The molecule has 18 heavy (non-hydrogen) atoms. The van der Waals surface area contributed by atoms with Gasteiger partial charge in [0.25, 0.3) is 0 Å². The molecule has 0 saturated carbocycles. The highest BCUT2D eigenvalue weighted by atomic mass is 35.5. The summed E-state index contributed by atoms with van der Waals surface area (Å²) in [5.74, 6) is -0.729. The smallest absolute Gasteiger partial charge is 0.312 e. The van der Waals surface area contributed by atoms with Crippen molar-refractivity contribution in [2.45, 2.75) is 19.3 Å². The third-order valence-corrected chi connectivity index (χ3v) is 2.40. The van der Waals surface area contributed by atoms with Gasteiger partial charge in [-0.2, -0.15) is 0 Å². The first kappa shape index (κ1) is 14.2. The van der Waals surface area contributed by atoms with Crippen molar-refractivity contribution in [3.8, 4) is 5.75 Å². The van der Waals surface area contributed by atoms with Crippen molar-refractivity contribution in [3.63, 3.8) is 0 Å². The van der Waals surface area contributed by atoms with Crippen LogP contribution in [0.4, 0.5) is 5.69 Å². The summed E-state index contributed by atoms with van der Waals surface area (Å²) in [4.78, 5) is 20.4. The maximum atomic E-state index is 10.7. The highest BCUT2D eigenvalue weighted by Crippen LogP contribution is 2.29. The van der Waals surface area contributed by atoms with E-state index in [1.54, 1.807) is 0 Å². The Hall–Kier alpha value is -1.82. The third-order valence-electron chi connectivity index (χ3n) is 2.16. The number of nitrogens with zero attached hydrogens (tertiary/aromatic N) is 1. The van der Waals surface area contributed by atoms with E-state index in [0.29, 0.717) is 12.8 Å². The molecule has 0 bridgehead atoms. The van der Waals surface area contributed by atoms with E-state index < -0.39 is 10.9 Å². The summed E-state index contributed by atoms with van der Waals surface area (Å²) in [6.07, 6.45) is 1.05. The van der Waals surface area contributed by atoms with Gasteiger partial charge in [-0.25, -0.2) is 0 Å². The number of aliphatic carboxylic acids is 1. The molecule has 0 aromatic heterocycles. The fourth-order valence-electron chi connectivity index (χ4n) is 1.32. The Labute approximate surface area is 108 Å². The predicted molar refractivity (Wildman–Crippen MR) is 65.1 cm³/mol. The maximum Gasteiger partial charge on any atom is 0.312 e. The van der Waals surface area contributed by atoms with Crippen LogP contribution < -0.4 is 4.74 Å². The SMILES string of the molecule is O=C(O)CCCCOc1ccc(Cl)cc1[N+](=O)[O-]. The molecular weight excluding hydrogens is 262 g/mol. The molecule has 0 heterocycles. The van der Waals surface area contributed by atoms with Crippen LogP contribution in [0.25, 0.3) is 0 Å². The van der Waals surface area contributed by atoms with Crippen molar-refractivity contribution in [2.75, 3.05) is 6.61 Å². The van der Waals surface area contributed by atoms with Crippen molar-refractivity contribution in [1.29, 1.82) is 0 Å². The van der Waals surface area contributed by atoms with Gasteiger partial charge >= 0.3 is 11.7 Å².